The first-order valence-electron chi connectivity index (χ1n) is 7.09. The fourth-order valence-electron chi connectivity index (χ4n) is 2.25. The van der Waals surface area contributed by atoms with Gasteiger partial charge in [0.05, 0.1) is 5.69 Å². The van der Waals surface area contributed by atoms with Crippen LogP contribution in [0.4, 0.5) is 0 Å². The third-order valence-electron chi connectivity index (χ3n) is 3.44. The molecule has 2 aromatic rings. The summed E-state index contributed by atoms with van der Waals surface area (Å²) in [6.45, 7) is 4.69. The fraction of sp³-hybridized carbons (Fsp3) is 0.375. The lowest BCUT2D eigenvalue weighted by atomic mass is 10.1. The summed E-state index contributed by atoms with van der Waals surface area (Å²) in [6.07, 6.45) is 6.10. The van der Waals surface area contributed by atoms with Crippen LogP contribution in [0.2, 0.25) is 0 Å². The van der Waals surface area contributed by atoms with Crippen LogP contribution in [0.1, 0.15) is 32.3 Å². The summed E-state index contributed by atoms with van der Waals surface area (Å²) in [4.78, 5) is 24.3. The van der Waals surface area contributed by atoms with Gasteiger partial charge in [-0.15, -0.1) is 0 Å². The molecule has 0 saturated carbocycles. The Balaban J connectivity index is 2.52. The Bertz CT molecular complexity index is 698. The molecule has 20 heavy (non-hydrogen) atoms. The van der Waals surface area contributed by atoms with Gasteiger partial charge < -0.3 is 4.57 Å². The van der Waals surface area contributed by atoms with Crippen LogP contribution < -0.4 is 11.1 Å². The second-order valence-corrected chi connectivity index (χ2v) is 4.81. The third kappa shape index (κ3) is 2.74. The molecule has 0 saturated heterocycles. The lowest BCUT2D eigenvalue weighted by molar-refractivity contribution is 0.598. The molecule has 0 aliphatic carbocycles. The molecule has 4 heteroatoms. The van der Waals surface area contributed by atoms with Crippen LogP contribution in [0.25, 0.3) is 5.69 Å². The van der Waals surface area contributed by atoms with Crippen molar-refractivity contribution in [1.82, 2.24) is 9.13 Å². The van der Waals surface area contributed by atoms with Crippen LogP contribution in [0.5, 0.6) is 0 Å². The van der Waals surface area contributed by atoms with E-state index in [0.717, 1.165) is 30.5 Å². The second kappa shape index (κ2) is 6.37. The van der Waals surface area contributed by atoms with Crippen LogP contribution in [-0.4, -0.2) is 9.13 Å². The van der Waals surface area contributed by atoms with Crippen LogP contribution in [0.15, 0.2) is 46.2 Å². The first-order valence-corrected chi connectivity index (χ1v) is 7.09. The summed E-state index contributed by atoms with van der Waals surface area (Å²) in [5.41, 5.74) is 0.913. The lowest BCUT2D eigenvalue weighted by Crippen LogP contribution is -2.40. The maximum Gasteiger partial charge on any atom is 0.320 e. The van der Waals surface area contributed by atoms with Crippen LogP contribution in [-0.2, 0) is 13.0 Å². The van der Waals surface area contributed by atoms with E-state index in [4.69, 9.17) is 0 Å². The Morgan fingerprint density at radius 1 is 1.00 bits per heavy atom. The maximum absolute atomic E-state index is 12.3. The summed E-state index contributed by atoms with van der Waals surface area (Å²) in [5, 5.41) is 0. The third-order valence-corrected chi connectivity index (χ3v) is 3.44. The zero-order chi connectivity index (χ0) is 14.5. The van der Waals surface area contributed by atoms with E-state index in [1.807, 2.05) is 31.2 Å². The number of hydrogen-bond donors (Lipinski definition) is 0. The summed E-state index contributed by atoms with van der Waals surface area (Å²) >= 11 is 0. The highest BCUT2D eigenvalue weighted by atomic mass is 16.2. The monoisotopic (exact) mass is 272 g/mol. The molecule has 1 heterocycles. The van der Waals surface area contributed by atoms with Crippen molar-refractivity contribution in [2.45, 2.75) is 39.7 Å². The van der Waals surface area contributed by atoms with Crippen LogP contribution in [0.3, 0.4) is 0 Å². The summed E-state index contributed by atoms with van der Waals surface area (Å²) in [6, 6.07) is 7.67. The Kier molecular flexibility index (Phi) is 4.56. The van der Waals surface area contributed by atoms with Crippen molar-refractivity contribution in [3.63, 3.8) is 0 Å². The van der Waals surface area contributed by atoms with Crippen molar-refractivity contribution in [1.29, 1.82) is 0 Å². The van der Waals surface area contributed by atoms with Gasteiger partial charge in [-0.25, -0.2) is 0 Å². The summed E-state index contributed by atoms with van der Waals surface area (Å²) in [7, 11) is 0. The first-order chi connectivity index (χ1) is 9.69. The van der Waals surface area contributed by atoms with E-state index < -0.39 is 11.1 Å². The molecule has 1 aromatic heterocycles. The van der Waals surface area contributed by atoms with Gasteiger partial charge in [0.2, 0.25) is 0 Å². The minimum Gasteiger partial charge on any atom is -0.309 e. The Hall–Kier alpha value is -2.10. The zero-order valence-electron chi connectivity index (χ0n) is 12.0. The van der Waals surface area contributed by atoms with Crippen molar-refractivity contribution >= 4 is 0 Å². The van der Waals surface area contributed by atoms with Gasteiger partial charge >= 0.3 is 11.1 Å². The number of aromatic nitrogens is 2. The lowest BCUT2D eigenvalue weighted by Gasteiger charge is -2.11. The molecule has 0 aliphatic rings. The minimum absolute atomic E-state index is 0.452. The molecule has 0 spiro atoms. The van der Waals surface area contributed by atoms with Crippen molar-refractivity contribution in [2.75, 3.05) is 0 Å². The number of nitrogens with zero attached hydrogens (tertiary/aromatic N) is 2. The minimum atomic E-state index is -0.482. The van der Waals surface area contributed by atoms with Gasteiger partial charge in [-0.2, -0.15) is 0 Å². The van der Waals surface area contributed by atoms with Crippen molar-refractivity contribution in [3.05, 3.63) is 62.9 Å². The van der Waals surface area contributed by atoms with Gasteiger partial charge in [0.1, 0.15) is 0 Å². The smallest absolute Gasteiger partial charge is 0.309 e. The predicted octanol–water partition coefficient (Wildman–Crippen LogP) is 2.36. The highest BCUT2D eigenvalue weighted by Crippen LogP contribution is 2.12. The summed E-state index contributed by atoms with van der Waals surface area (Å²) < 4.78 is 2.94. The van der Waals surface area contributed by atoms with Gasteiger partial charge in [0.25, 0.3) is 0 Å². The van der Waals surface area contributed by atoms with Gasteiger partial charge in [0, 0.05) is 18.9 Å². The first kappa shape index (κ1) is 14.3. The largest absolute Gasteiger partial charge is 0.320 e. The molecular weight excluding hydrogens is 252 g/mol. The molecule has 0 N–H and O–H groups in total. The number of aryl methyl sites for hydroxylation is 2. The number of rotatable bonds is 5. The molecule has 106 valence electrons. The second-order valence-electron chi connectivity index (χ2n) is 4.81. The standard InChI is InChI=1S/C16H20N2O2/c1-3-5-10-17-11-12-18(16(20)15(17)19)14-9-7-6-8-13(14)4-2/h6-9,11-12H,3-5,10H2,1-2H3. The van der Waals surface area contributed by atoms with E-state index in [1.54, 1.807) is 12.4 Å². The molecule has 0 radical (unpaired) electrons. The van der Waals surface area contributed by atoms with Crippen molar-refractivity contribution in [3.8, 4) is 5.69 Å². The van der Waals surface area contributed by atoms with E-state index in [2.05, 4.69) is 6.92 Å². The topological polar surface area (TPSA) is 44.0 Å². The van der Waals surface area contributed by atoms with E-state index in [9.17, 15) is 9.59 Å². The average molecular weight is 272 g/mol. The van der Waals surface area contributed by atoms with E-state index in [0.29, 0.717) is 6.54 Å². The van der Waals surface area contributed by atoms with E-state index >= 15 is 0 Å². The van der Waals surface area contributed by atoms with Gasteiger partial charge in [-0.3, -0.25) is 14.2 Å². The predicted molar refractivity (Wildman–Crippen MR) is 80.6 cm³/mol. The molecule has 0 fully saturated rings. The van der Waals surface area contributed by atoms with Crippen LogP contribution >= 0.6 is 0 Å². The molecule has 0 bridgehead atoms. The van der Waals surface area contributed by atoms with Crippen LogP contribution in [0, 0.1) is 0 Å². The Labute approximate surface area is 118 Å². The highest BCUT2D eigenvalue weighted by molar-refractivity contribution is 5.40. The molecule has 2 rings (SSSR count). The molecule has 0 unspecified atom stereocenters. The number of para-hydroxylation sites is 1. The zero-order valence-corrected chi connectivity index (χ0v) is 12.0. The van der Waals surface area contributed by atoms with E-state index in [1.165, 1.54) is 9.13 Å². The SMILES string of the molecule is CCCCn1ccn(-c2ccccc2CC)c(=O)c1=O. The normalized spacial score (nSPS) is 10.7. The number of hydrogen-bond acceptors (Lipinski definition) is 2. The molecular formula is C16H20N2O2. The number of benzene rings is 1. The maximum atomic E-state index is 12.3. The van der Waals surface area contributed by atoms with Crippen molar-refractivity contribution in [2.24, 2.45) is 0 Å². The summed E-state index contributed by atoms with van der Waals surface area (Å²) in [5.74, 6) is 0. The molecule has 4 nitrogen and oxygen atoms in total. The van der Waals surface area contributed by atoms with Gasteiger partial charge in [-0.1, -0.05) is 38.5 Å². The molecule has 1 aromatic carbocycles. The molecule has 0 amide bonds. The Morgan fingerprint density at radius 3 is 2.45 bits per heavy atom. The molecule has 0 aliphatic heterocycles. The average Bonchev–Trinajstić information content (AvgIpc) is 2.49. The highest BCUT2D eigenvalue weighted by Gasteiger charge is 2.08. The van der Waals surface area contributed by atoms with Gasteiger partial charge in [-0.05, 0) is 24.5 Å². The number of unbranched alkanes of at least 4 members (excludes halogenated alkanes) is 1. The van der Waals surface area contributed by atoms with Gasteiger partial charge in [0.15, 0.2) is 0 Å². The quantitative estimate of drug-likeness (QED) is 0.784. The van der Waals surface area contributed by atoms with E-state index in [-0.39, 0.29) is 0 Å². The molecule has 0 atom stereocenters. The fourth-order valence-corrected chi connectivity index (χ4v) is 2.25. The Morgan fingerprint density at radius 2 is 1.75 bits per heavy atom. The van der Waals surface area contributed by atoms with Crippen molar-refractivity contribution < 1.29 is 0 Å².